The minimum absolute atomic E-state index is 0.0711. The second-order valence-corrected chi connectivity index (χ2v) is 14.2. The van der Waals surface area contributed by atoms with Gasteiger partial charge in [0.05, 0.1) is 31.4 Å². The molecule has 0 unspecified atom stereocenters. The van der Waals surface area contributed by atoms with E-state index in [0.29, 0.717) is 11.1 Å². The van der Waals surface area contributed by atoms with Gasteiger partial charge in [-0.25, -0.2) is 19.2 Å². The monoisotopic (exact) mass is 762 g/mol. The van der Waals surface area contributed by atoms with Crippen molar-refractivity contribution < 1.29 is 52.3 Å². The predicted molar refractivity (Wildman–Crippen MR) is 194 cm³/mol. The minimum Gasteiger partial charge on any atom is -0.490 e. The van der Waals surface area contributed by atoms with E-state index in [9.17, 15) is 19.2 Å². The highest BCUT2D eigenvalue weighted by molar-refractivity contribution is 6.32. The Morgan fingerprint density at radius 1 is 0.615 bits per heavy atom. The van der Waals surface area contributed by atoms with E-state index in [0.717, 1.165) is 0 Å². The topological polar surface area (TPSA) is 157 Å². The van der Waals surface area contributed by atoms with Crippen LogP contribution < -0.4 is 24.8 Å². The van der Waals surface area contributed by atoms with Gasteiger partial charge >= 0.3 is 24.1 Å². The second-order valence-electron chi connectivity index (χ2n) is 13.4. The van der Waals surface area contributed by atoms with Crippen molar-refractivity contribution in [2.24, 2.45) is 0 Å². The molecule has 0 aliphatic heterocycles. The highest BCUT2D eigenvalue weighted by Gasteiger charge is 2.27. The quantitative estimate of drug-likeness (QED) is 0.129. The lowest BCUT2D eigenvalue weighted by atomic mass is 10.1. The molecule has 3 aromatic rings. The number of carbonyl (C=O) groups excluding carboxylic acids is 4. The zero-order chi connectivity index (χ0) is 38.8. The summed E-state index contributed by atoms with van der Waals surface area (Å²) in [5.41, 5.74) is -0.282. The smallest absolute Gasteiger partial charge is 0.408 e. The highest BCUT2D eigenvalue weighted by atomic mass is 35.5. The van der Waals surface area contributed by atoms with Crippen LogP contribution in [-0.2, 0) is 41.4 Å². The lowest BCUT2D eigenvalue weighted by Gasteiger charge is -2.23. The standard InChI is InChI=1S/C37H44Cl2N2O11/c1-36(2,3)51-34(44)40-25(32(42)47-8)19-21-13-15-27(23(38)17-21)49-29-11-10-12-30(31(29)46-7)50-28-16-14-22(18-24(28)39)20-26(33(43)48-9)41-35(45)52-37(4,5)6/h10-18,25-26H,19-20H2,1-9H3,(H,40,44)(H,41,45)/t25-,26-/m1/s1. The Morgan fingerprint density at radius 2 is 1.00 bits per heavy atom. The van der Waals surface area contributed by atoms with Crippen LogP contribution in [-0.4, -0.2) is 68.7 Å². The summed E-state index contributed by atoms with van der Waals surface area (Å²) < 4.78 is 38.1. The maximum atomic E-state index is 12.4. The average Bonchev–Trinajstić information content (AvgIpc) is 3.04. The normalized spacial score (nSPS) is 12.4. The van der Waals surface area contributed by atoms with Gasteiger partial charge in [0.1, 0.15) is 34.8 Å². The van der Waals surface area contributed by atoms with Crippen molar-refractivity contribution in [1.82, 2.24) is 10.6 Å². The van der Waals surface area contributed by atoms with Gasteiger partial charge in [-0.15, -0.1) is 0 Å². The molecule has 282 valence electrons. The Balaban J connectivity index is 1.77. The summed E-state index contributed by atoms with van der Waals surface area (Å²) in [7, 11) is 3.89. The maximum absolute atomic E-state index is 12.4. The number of para-hydroxylation sites is 1. The Morgan fingerprint density at radius 3 is 1.31 bits per heavy atom. The number of halogens is 2. The van der Waals surface area contributed by atoms with Gasteiger partial charge in [0.2, 0.25) is 5.75 Å². The van der Waals surface area contributed by atoms with Crippen molar-refractivity contribution in [3.8, 4) is 28.7 Å². The van der Waals surface area contributed by atoms with Gasteiger partial charge in [0.25, 0.3) is 0 Å². The molecule has 0 heterocycles. The first-order valence-electron chi connectivity index (χ1n) is 16.1. The fraction of sp³-hybridized carbons (Fsp3) is 0.405. The Kier molecular flexibility index (Phi) is 14.4. The number of hydrogen-bond donors (Lipinski definition) is 2. The Bertz CT molecular complexity index is 1630. The summed E-state index contributed by atoms with van der Waals surface area (Å²) in [6, 6.07) is 12.8. The van der Waals surface area contributed by atoms with E-state index in [1.165, 1.54) is 21.3 Å². The lowest BCUT2D eigenvalue weighted by Crippen LogP contribution is -2.45. The van der Waals surface area contributed by atoms with Gasteiger partial charge in [0, 0.05) is 12.8 Å². The molecule has 15 heteroatoms. The fourth-order valence-corrected chi connectivity index (χ4v) is 5.13. The molecule has 0 fully saturated rings. The van der Waals surface area contributed by atoms with Gasteiger partial charge < -0.3 is 43.8 Å². The molecule has 0 aliphatic carbocycles. The van der Waals surface area contributed by atoms with Crippen molar-refractivity contribution in [1.29, 1.82) is 0 Å². The van der Waals surface area contributed by atoms with E-state index < -0.39 is 47.4 Å². The zero-order valence-electron chi connectivity index (χ0n) is 30.5. The van der Waals surface area contributed by atoms with Crippen LogP contribution in [0.5, 0.6) is 28.7 Å². The number of hydrogen-bond acceptors (Lipinski definition) is 11. The number of rotatable bonds is 13. The number of methoxy groups -OCH3 is 3. The van der Waals surface area contributed by atoms with Crippen molar-refractivity contribution in [3.63, 3.8) is 0 Å². The van der Waals surface area contributed by atoms with Crippen LogP contribution >= 0.6 is 23.2 Å². The van der Waals surface area contributed by atoms with Gasteiger partial charge in [-0.1, -0.05) is 41.4 Å². The van der Waals surface area contributed by atoms with Crippen molar-refractivity contribution >= 4 is 47.3 Å². The lowest BCUT2D eigenvalue weighted by molar-refractivity contribution is -0.143. The summed E-state index contributed by atoms with van der Waals surface area (Å²) in [5.74, 6) is 0.0307. The number of alkyl carbamates (subject to hydrolysis) is 2. The largest absolute Gasteiger partial charge is 0.490 e. The molecule has 3 rings (SSSR count). The predicted octanol–water partition coefficient (Wildman–Crippen LogP) is 7.80. The van der Waals surface area contributed by atoms with Crippen LogP contribution in [0.4, 0.5) is 9.59 Å². The summed E-state index contributed by atoms with van der Waals surface area (Å²) in [6.07, 6.45) is -1.39. The SMILES string of the molecule is COC(=O)[C@@H](Cc1ccc(Oc2cccc(Oc3ccc(C[C@@H](NC(=O)OC(C)(C)C)C(=O)OC)cc3Cl)c2OC)c(Cl)c1)NC(=O)OC(C)(C)C. The summed E-state index contributed by atoms with van der Waals surface area (Å²) >= 11 is 13.2. The third-order valence-electron chi connectivity index (χ3n) is 6.81. The van der Waals surface area contributed by atoms with Gasteiger partial charge in [0.15, 0.2) is 11.5 Å². The maximum Gasteiger partial charge on any atom is 0.408 e. The van der Waals surface area contributed by atoms with Crippen molar-refractivity contribution in [2.45, 2.75) is 77.7 Å². The van der Waals surface area contributed by atoms with E-state index >= 15 is 0 Å². The van der Waals surface area contributed by atoms with Crippen LogP contribution in [0.25, 0.3) is 0 Å². The molecule has 2 amide bonds. The number of carbonyl (C=O) groups is 4. The molecular weight excluding hydrogens is 719 g/mol. The highest BCUT2D eigenvalue weighted by Crippen LogP contribution is 2.44. The minimum atomic E-state index is -1.03. The number of amides is 2. The first-order chi connectivity index (χ1) is 24.3. The summed E-state index contributed by atoms with van der Waals surface area (Å²) in [6.45, 7) is 10.3. The number of nitrogens with one attached hydrogen (secondary N) is 2. The molecule has 0 radical (unpaired) electrons. The first kappa shape index (κ1) is 41.5. The molecular formula is C37H44Cl2N2O11. The number of esters is 2. The van der Waals surface area contributed by atoms with Crippen LogP contribution in [0.15, 0.2) is 54.6 Å². The summed E-state index contributed by atoms with van der Waals surface area (Å²) in [4.78, 5) is 49.5. The van der Waals surface area contributed by atoms with E-state index in [-0.39, 0.29) is 51.6 Å². The summed E-state index contributed by atoms with van der Waals surface area (Å²) in [5, 5.41) is 5.51. The van der Waals surface area contributed by atoms with E-state index in [1.807, 2.05) is 0 Å². The molecule has 13 nitrogen and oxygen atoms in total. The van der Waals surface area contributed by atoms with Crippen molar-refractivity contribution in [3.05, 3.63) is 75.8 Å². The molecule has 2 N–H and O–H groups in total. The molecule has 52 heavy (non-hydrogen) atoms. The number of ether oxygens (including phenoxy) is 7. The van der Waals surface area contributed by atoms with Crippen LogP contribution in [0.3, 0.4) is 0 Å². The van der Waals surface area contributed by atoms with Crippen LogP contribution in [0.1, 0.15) is 52.7 Å². The Hall–Kier alpha value is -4.88. The van der Waals surface area contributed by atoms with Gasteiger partial charge in [-0.05, 0) is 89.1 Å². The second kappa shape index (κ2) is 18.1. The Labute approximate surface area is 313 Å². The first-order valence-corrected chi connectivity index (χ1v) is 16.8. The zero-order valence-corrected chi connectivity index (χ0v) is 32.0. The molecule has 0 spiro atoms. The number of benzene rings is 3. The molecule has 3 aromatic carbocycles. The van der Waals surface area contributed by atoms with E-state index in [4.69, 9.17) is 56.4 Å². The van der Waals surface area contributed by atoms with Gasteiger partial charge in [-0.2, -0.15) is 0 Å². The van der Waals surface area contributed by atoms with Crippen molar-refractivity contribution in [2.75, 3.05) is 21.3 Å². The van der Waals surface area contributed by atoms with Crippen LogP contribution in [0.2, 0.25) is 10.0 Å². The molecule has 2 atom stereocenters. The van der Waals surface area contributed by atoms with Crippen LogP contribution in [0, 0.1) is 0 Å². The third-order valence-corrected chi connectivity index (χ3v) is 7.40. The molecule has 0 bridgehead atoms. The molecule has 0 aliphatic rings. The average molecular weight is 764 g/mol. The fourth-order valence-electron chi connectivity index (χ4n) is 4.64. The van der Waals surface area contributed by atoms with Gasteiger partial charge in [-0.3, -0.25) is 0 Å². The third kappa shape index (κ3) is 12.7. The van der Waals surface area contributed by atoms with E-state index in [1.54, 1.807) is 96.1 Å². The molecule has 0 saturated carbocycles. The molecule has 0 saturated heterocycles. The van der Waals surface area contributed by atoms with E-state index in [2.05, 4.69) is 10.6 Å². The molecule has 0 aromatic heterocycles.